The molecular weight excluding hydrogens is 452 g/mol. The van der Waals surface area contributed by atoms with E-state index >= 15 is 0 Å². The lowest BCUT2D eigenvalue weighted by molar-refractivity contribution is -0.129. The molecule has 9 nitrogen and oxygen atoms in total. The number of hydrogen-bond acceptors (Lipinski definition) is 8. The Kier molecular flexibility index (Phi) is 8.24. The van der Waals surface area contributed by atoms with Crippen LogP contribution < -0.4 is 25.2 Å². The molecule has 1 heterocycles. The van der Waals surface area contributed by atoms with Gasteiger partial charge >= 0.3 is 11.6 Å². The molecule has 0 unspecified atom stereocenters. The Morgan fingerprint density at radius 2 is 1.91 bits per heavy atom. The largest absolute Gasteiger partial charge is 0.493 e. The number of methoxy groups -OCH3 is 1. The van der Waals surface area contributed by atoms with E-state index in [-0.39, 0.29) is 22.5 Å². The number of nitriles is 1. The molecule has 0 aliphatic heterocycles. The molecule has 35 heavy (non-hydrogen) atoms. The summed E-state index contributed by atoms with van der Waals surface area (Å²) in [5.74, 6) is -0.347. The van der Waals surface area contributed by atoms with E-state index in [0.29, 0.717) is 35.6 Å². The molecule has 1 amide bonds. The maximum Gasteiger partial charge on any atom is 0.354 e. The van der Waals surface area contributed by atoms with Crippen molar-refractivity contribution < 1.29 is 28.2 Å². The molecule has 0 spiro atoms. The first kappa shape index (κ1) is 25.1. The van der Waals surface area contributed by atoms with E-state index in [2.05, 4.69) is 5.32 Å². The van der Waals surface area contributed by atoms with E-state index < -0.39 is 17.5 Å². The molecule has 0 saturated heterocycles. The standard InChI is InChI=1S/C26H24N2O7/c1-4-10-28-24(29)20-13-17-7-8-19(14-22(17)35-26(20)31)34-25(30)18(15-27)11-16-6-9-21(33-5-2)23(12-16)32-3/h6-9,11-14H,4-5,10H2,1-3H3,(H,28,29)/b18-11+. The van der Waals surface area contributed by atoms with Gasteiger partial charge in [0, 0.05) is 18.0 Å². The summed E-state index contributed by atoms with van der Waals surface area (Å²) in [7, 11) is 1.49. The van der Waals surface area contributed by atoms with Gasteiger partial charge in [0.15, 0.2) is 11.5 Å². The highest BCUT2D eigenvalue weighted by molar-refractivity contribution is 6.00. The molecular formula is C26H24N2O7. The fraction of sp³-hybridized carbons (Fsp3) is 0.231. The number of rotatable bonds is 9. The van der Waals surface area contributed by atoms with Crippen molar-refractivity contribution in [2.24, 2.45) is 0 Å². The number of benzene rings is 2. The zero-order valence-corrected chi connectivity index (χ0v) is 19.5. The smallest absolute Gasteiger partial charge is 0.354 e. The van der Waals surface area contributed by atoms with Crippen LogP contribution in [0.4, 0.5) is 0 Å². The lowest BCUT2D eigenvalue weighted by atomic mass is 10.1. The highest BCUT2D eigenvalue weighted by Crippen LogP contribution is 2.29. The van der Waals surface area contributed by atoms with Crippen molar-refractivity contribution in [3.63, 3.8) is 0 Å². The summed E-state index contributed by atoms with van der Waals surface area (Å²) < 4.78 is 21.3. The van der Waals surface area contributed by atoms with Gasteiger partial charge in [0.2, 0.25) is 0 Å². The maximum absolute atomic E-state index is 12.6. The first-order chi connectivity index (χ1) is 16.9. The predicted octanol–water partition coefficient (Wildman–Crippen LogP) is 3.85. The number of amides is 1. The fourth-order valence-electron chi connectivity index (χ4n) is 3.16. The van der Waals surface area contributed by atoms with Gasteiger partial charge in [-0.15, -0.1) is 0 Å². The van der Waals surface area contributed by atoms with E-state index in [1.54, 1.807) is 24.3 Å². The third-order valence-electron chi connectivity index (χ3n) is 4.84. The molecule has 9 heteroatoms. The summed E-state index contributed by atoms with van der Waals surface area (Å²) in [5, 5.41) is 12.6. The number of fused-ring (bicyclic) bond motifs is 1. The SMILES string of the molecule is CCCNC(=O)c1cc2ccc(OC(=O)/C(C#N)=C/c3ccc(OCC)c(OC)c3)cc2oc1=O. The molecule has 2 aromatic carbocycles. The van der Waals surface area contributed by atoms with Gasteiger partial charge in [0.25, 0.3) is 5.91 Å². The van der Waals surface area contributed by atoms with Crippen molar-refractivity contribution in [1.29, 1.82) is 5.26 Å². The Labute approximate surface area is 201 Å². The van der Waals surface area contributed by atoms with Gasteiger partial charge in [0.1, 0.15) is 28.5 Å². The molecule has 0 aliphatic rings. The zero-order valence-electron chi connectivity index (χ0n) is 19.5. The Hall–Kier alpha value is -4.58. The third kappa shape index (κ3) is 6.06. The molecule has 0 atom stereocenters. The molecule has 0 radical (unpaired) electrons. The lowest BCUT2D eigenvalue weighted by Crippen LogP contribution is -2.28. The molecule has 3 aromatic rings. The molecule has 180 valence electrons. The maximum atomic E-state index is 12.6. The Balaban J connectivity index is 1.83. The quantitative estimate of drug-likeness (QED) is 0.162. The van der Waals surface area contributed by atoms with Crippen LogP contribution in [0.3, 0.4) is 0 Å². The minimum Gasteiger partial charge on any atom is -0.493 e. The van der Waals surface area contributed by atoms with E-state index in [0.717, 1.165) is 6.42 Å². The normalized spacial score (nSPS) is 11.0. The minimum atomic E-state index is -0.891. The summed E-state index contributed by atoms with van der Waals surface area (Å²) in [6.45, 7) is 4.63. The number of carbonyl (C=O) groups is 2. The van der Waals surface area contributed by atoms with Gasteiger partial charge in [-0.25, -0.2) is 9.59 Å². The van der Waals surface area contributed by atoms with E-state index in [1.165, 1.54) is 31.4 Å². The predicted molar refractivity (Wildman–Crippen MR) is 128 cm³/mol. The third-order valence-corrected chi connectivity index (χ3v) is 4.84. The molecule has 3 rings (SSSR count). The zero-order chi connectivity index (χ0) is 25.4. The highest BCUT2D eigenvalue weighted by Gasteiger charge is 2.16. The van der Waals surface area contributed by atoms with Crippen LogP contribution in [0.25, 0.3) is 17.0 Å². The molecule has 0 bridgehead atoms. The van der Waals surface area contributed by atoms with E-state index in [1.807, 2.05) is 19.9 Å². The Bertz CT molecular complexity index is 1380. The number of ether oxygens (including phenoxy) is 3. The van der Waals surface area contributed by atoms with Crippen molar-refractivity contribution >= 4 is 28.9 Å². The monoisotopic (exact) mass is 476 g/mol. The lowest BCUT2D eigenvalue weighted by Gasteiger charge is -2.10. The highest BCUT2D eigenvalue weighted by atomic mass is 16.5. The van der Waals surface area contributed by atoms with E-state index in [9.17, 15) is 19.6 Å². The fourth-order valence-corrected chi connectivity index (χ4v) is 3.16. The summed E-state index contributed by atoms with van der Waals surface area (Å²) >= 11 is 0. The van der Waals surface area contributed by atoms with Gasteiger partial charge in [-0.1, -0.05) is 13.0 Å². The minimum absolute atomic E-state index is 0.0688. The molecule has 0 aliphatic carbocycles. The first-order valence-electron chi connectivity index (χ1n) is 10.9. The van der Waals surface area contributed by atoms with Crippen molar-refractivity contribution in [2.45, 2.75) is 20.3 Å². The first-order valence-corrected chi connectivity index (χ1v) is 10.9. The molecule has 0 saturated carbocycles. The molecule has 0 fully saturated rings. The Morgan fingerprint density at radius 3 is 2.60 bits per heavy atom. The molecule has 1 N–H and O–H groups in total. The second kappa shape index (κ2) is 11.5. The summed E-state index contributed by atoms with van der Waals surface area (Å²) in [5.41, 5.74) is -0.503. The van der Waals surface area contributed by atoms with Gasteiger partial charge in [-0.3, -0.25) is 4.79 Å². The second-order valence-corrected chi connectivity index (χ2v) is 7.31. The number of hydrogen-bond donors (Lipinski definition) is 1. The van der Waals surface area contributed by atoms with Crippen molar-refractivity contribution in [2.75, 3.05) is 20.3 Å². The van der Waals surface area contributed by atoms with Crippen LogP contribution in [0.15, 0.2) is 57.2 Å². The van der Waals surface area contributed by atoms with Crippen LogP contribution in [0.1, 0.15) is 36.2 Å². The van der Waals surface area contributed by atoms with Gasteiger partial charge in [0.05, 0.1) is 13.7 Å². The average molecular weight is 476 g/mol. The number of esters is 1. The van der Waals surface area contributed by atoms with E-state index in [4.69, 9.17) is 18.6 Å². The van der Waals surface area contributed by atoms with Crippen molar-refractivity contribution in [3.05, 3.63) is 69.6 Å². The second-order valence-electron chi connectivity index (χ2n) is 7.31. The van der Waals surface area contributed by atoms with Crippen LogP contribution in [0.5, 0.6) is 17.2 Å². The van der Waals surface area contributed by atoms with Gasteiger partial charge in [-0.2, -0.15) is 5.26 Å². The van der Waals surface area contributed by atoms with Crippen LogP contribution in [-0.4, -0.2) is 32.1 Å². The number of nitrogens with one attached hydrogen (secondary N) is 1. The Morgan fingerprint density at radius 1 is 1.11 bits per heavy atom. The van der Waals surface area contributed by atoms with Crippen LogP contribution >= 0.6 is 0 Å². The number of carbonyl (C=O) groups excluding carboxylic acids is 2. The topological polar surface area (TPSA) is 128 Å². The van der Waals surface area contributed by atoms with Crippen molar-refractivity contribution in [1.82, 2.24) is 5.32 Å². The van der Waals surface area contributed by atoms with Crippen molar-refractivity contribution in [3.8, 4) is 23.3 Å². The van der Waals surface area contributed by atoms with Crippen LogP contribution in [-0.2, 0) is 4.79 Å². The molecule has 1 aromatic heterocycles. The summed E-state index contributed by atoms with van der Waals surface area (Å²) in [6.07, 6.45) is 2.09. The number of nitrogens with zero attached hydrogens (tertiary/aromatic N) is 1. The summed E-state index contributed by atoms with van der Waals surface area (Å²) in [6, 6.07) is 12.6. The van der Waals surface area contributed by atoms with Crippen LogP contribution in [0, 0.1) is 11.3 Å². The average Bonchev–Trinajstić information content (AvgIpc) is 2.86. The van der Waals surface area contributed by atoms with Gasteiger partial charge in [-0.05, 0) is 55.3 Å². The van der Waals surface area contributed by atoms with Gasteiger partial charge < -0.3 is 23.9 Å². The van der Waals surface area contributed by atoms with Crippen LogP contribution in [0.2, 0.25) is 0 Å². The summed E-state index contributed by atoms with van der Waals surface area (Å²) in [4.78, 5) is 37.0.